The zero-order chi connectivity index (χ0) is 31.0. The van der Waals surface area contributed by atoms with E-state index in [2.05, 4.69) is 13.2 Å². The van der Waals surface area contributed by atoms with Crippen molar-refractivity contribution in [1.82, 2.24) is 0 Å². The Morgan fingerprint density at radius 2 is 1.23 bits per heavy atom. The Kier molecular flexibility index (Phi) is 13.7. The molecule has 1 aliphatic rings. The molecule has 8 heteroatoms. The molecule has 3 aromatic carbocycles. The van der Waals surface area contributed by atoms with E-state index in [0.29, 0.717) is 19.4 Å². The molecule has 44 heavy (non-hydrogen) atoms. The molecule has 1 fully saturated rings. The largest absolute Gasteiger partial charge is 0.463 e. The van der Waals surface area contributed by atoms with Crippen LogP contribution in [-0.2, 0) is 46.5 Å². The number of hydrogen-bond donors (Lipinski definition) is 0. The van der Waals surface area contributed by atoms with E-state index in [1.54, 1.807) is 12.2 Å². The Bertz CT molecular complexity index is 1300. The van der Waals surface area contributed by atoms with E-state index in [4.69, 9.17) is 23.7 Å². The van der Waals surface area contributed by atoms with Gasteiger partial charge in [0.15, 0.2) is 6.10 Å². The van der Waals surface area contributed by atoms with E-state index in [1.165, 1.54) is 11.8 Å². The molecule has 7 nitrogen and oxygen atoms in total. The standard InChI is InChI=1S/C36H40O7S/c1-3-5-22-31(37)39-26-30-33(43-32(38)23-6-4-2)34(40-24-27-16-10-7-11-17-27)35(41-25-28-18-12-8-13-19-28)36(42-30)44-29-20-14-9-15-21-29/h3-4,7-21,30,33-36H,1-2,5-6,22-26H2/t30-,33-,34+,35-,36+/m1/s1. The van der Waals surface area contributed by atoms with Gasteiger partial charge in [0.2, 0.25) is 0 Å². The summed E-state index contributed by atoms with van der Waals surface area (Å²) in [6, 6.07) is 29.5. The second-order valence-corrected chi connectivity index (χ2v) is 11.5. The van der Waals surface area contributed by atoms with Crippen molar-refractivity contribution in [2.24, 2.45) is 0 Å². The van der Waals surface area contributed by atoms with Crippen LogP contribution < -0.4 is 0 Å². The highest BCUT2D eigenvalue weighted by atomic mass is 32.2. The number of carbonyl (C=O) groups excluding carboxylic acids is 2. The molecule has 1 aliphatic heterocycles. The molecule has 5 atom stereocenters. The lowest BCUT2D eigenvalue weighted by Crippen LogP contribution is -2.61. The van der Waals surface area contributed by atoms with Gasteiger partial charge in [-0.1, -0.05) is 103 Å². The average molecular weight is 617 g/mol. The van der Waals surface area contributed by atoms with E-state index in [9.17, 15) is 9.59 Å². The molecular weight excluding hydrogens is 576 g/mol. The number of esters is 2. The fourth-order valence-electron chi connectivity index (χ4n) is 4.68. The number of rotatable bonds is 17. The lowest BCUT2D eigenvalue weighted by Gasteiger charge is -2.45. The van der Waals surface area contributed by atoms with Gasteiger partial charge in [-0.2, -0.15) is 0 Å². The summed E-state index contributed by atoms with van der Waals surface area (Å²) in [6.45, 7) is 7.83. The van der Waals surface area contributed by atoms with Crippen molar-refractivity contribution in [3.8, 4) is 0 Å². The molecule has 0 radical (unpaired) electrons. The Hall–Kier alpha value is -3.69. The summed E-state index contributed by atoms with van der Waals surface area (Å²) in [5, 5.41) is 0. The van der Waals surface area contributed by atoms with Crippen molar-refractivity contribution in [2.45, 2.75) is 73.6 Å². The van der Waals surface area contributed by atoms with Gasteiger partial charge in [0.25, 0.3) is 0 Å². The highest BCUT2D eigenvalue weighted by molar-refractivity contribution is 7.99. The van der Waals surface area contributed by atoms with Gasteiger partial charge >= 0.3 is 11.9 Å². The highest BCUT2D eigenvalue weighted by Gasteiger charge is 2.50. The van der Waals surface area contributed by atoms with E-state index >= 15 is 0 Å². The van der Waals surface area contributed by atoms with Crippen molar-refractivity contribution >= 4 is 23.7 Å². The predicted molar refractivity (Wildman–Crippen MR) is 171 cm³/mol. The molecular formula is C36H40O7S. The van der Waals surface area contributed by atoms with Crippen LogP contribution in [0.25, 0.3) is 0 Å². The Morgan fingerprint density at radius 3 is 1.80 bits per heavy atom. The molecule has 232 valence electrons. The Balaban J connectivity index is 1.68. The fourth-order valence-corrected chi connectivity index (χ4v) is 5.83. The summed E-state index contributed by atoms with van der Waals surface area (Å²) in [4.78, 5) is 26.5. The predicted octanol–water partition coefficient (Wildman–Crippen LogP) is 7.06. The first kappa shape index (κ1) is 33.2. The molecule has 0 saturated carbocycles. The molecule has 0 N–H and O–H groups in total. The second kappa shape index (κ2) is 18.2. The summed E-state index contributed by atoms with van der Waals surface area (Å²) in [5.74, 6) is -0.813. The number of ether oxygens (including phenoxy) is 5. The number of hydrogen-bond acceptors (Lipinski definition) is 8. The van der Waals surface area contributed by atoms with Crippen LogP contribution in [0.5, 0.6) is 0 Å². The van der Waals surface area contributed by atoms with Crippen LogP contribution in [0.3, 0.4) is 0 Å². The van der Waals surface area contributed by atoms with Gasteiger partial charge in [-0.3, -0.25) is 9.59 Å². The maximum Gasteiger partial charge on any atom is 0.306 e. The average Bonchev–Trinajstić information content (AvgIpc) is 3.06. The van der Waals surface area contributed by atoms with Crippen molar-refractivity contribution in [3.63, 3.8) is 0 Å². The van der Waals surface area contributed by atoms with Gasteiger partial charge in [-0.05, 0) is 36.1 Å². The first-order valence-electron chi connectivity index (χ1n) is 14.8. The first-order valence-corrected chi connectivity index (χ1v) is 15.7. The normalized spacial score (nSPS) is 21.2. The quantitative estimate of drug-likeness (QED) is 0.118. The van der Waals surface area contributed by atoms with Crippen molar-refractivity contribution in [3.05, 3.63) is 127 Å². The third-order valence-corrected chi connectivity index (χ3v) is 8.09. The number of thioether (sulfide) groups is 1. The molecule has 0 amide bonds. The molecule has 0 unspecified atom stereocenters. The second-order valence-electron chi connectivity index (χ2n) is 10.3. The molecule has 1 saturated heterocycles. The molecule has 0 aliphatic carbocycles. The van der Waals surface area contributed by atoms with Crippen molar-refractivity contribution in [2.75, 3.05) is 6.61 Å². The van der Waals surface area contributed by atoms with Gasteiger partial charge in [0.1, 0.15) is 30.4 Å². The molecule has 0 aromatic heterocycles. The Morgan fingerprint density at radius 1 is 0.705 bits per heavy atom. The molecule has 0 bridgehead atoms. The van der Waals surface area contributed by atoms with Crippen molar-refractivity contribution in [1.29, 1.82) is 0 Å². The molecule has 0 spiro atoms. The van der Waals surface area contributed by atoms with Gasteiger partial charge < -0.3 is 23.7 Å². The third kappa shape index (κ3) is 10.5. The van der Waals surface area contributed by atoms with Crippen LogP contribution in [0.4, 0.5) is 0 Å². The number of allylic oxidation sites excluding steroid dienone is 2. The minimum Gasteiger partial charge on any atom is -0.463 e. The first-order chi connectivity index (χ1) is 21.6. The van der Waals surface area contributed by atoms with E-state index in [-0.39, 0.29) is 32.0 Å². The van der Waals surface area contributed by atoms with Crippen LogP contribution >= 0.6 is 11.8 Å². The molecule has 3 aromatic rings. The van der Waals surface area contributed by atoms with Gasteiger partial charge in [0.05, 0.1) is 13.2 Å². The lowest BCUT2D eigenvalue weighted by molar-refractivity contribution is -0.247. The SMILES string of the molecule is C=CCCC(=O)OC[C@H]1O[C@@H](Sc2ccccc2)[C@H](OCc2ccccc2)[C@@H](OCc2ccccc2)[C@@H]1OC(=O)CCC=C. The van der Waals surface area contributed by atoms with Crippen LogP contribution in [0.15, 0.2) is 121 Å². The summed E-state index contributed by atoms with van der Waals surface area (Å²) >= 11 is 1.49. The summed E-state index contributed by atoms with van der Waals surface area (Å²) in [6.07, 6.45) is 1.54. The third-order valence-electron chi connectivity index (χ3n) is 6.94. The number of carbonyl (C=O) groups is 2. The fraction of sp³-hybridized carbons (Fsp3) is 0.333. The van der Waals surface area contributed by atoms with Gasteiger partial charge in [-0.15, -0.1) is 13.2 Å². The van der Waals surface area contributed by atoms with Crippen LogP contribution in [0, 0.1) is 0 Å². The maximum atomic E-state index is 13.0. The zero-order valence-corrected chi connectivity index (χ0v) is 25.6. The van der Waals surface area contributed by atoms with E-state index in [0.717, 1.165) is 16.0 Å². The topological polar surface area (TPSA) is 80.3 Å². The lowest BCUT2D eigenvalue weighted by atomic mass is 9.99. The smallest absolute Gasteiger partial charge is 0.306 e. The van der Waals surface area contributed by atoms with Crippen LogP contribution in [0.1, 0.15) is 36.8 Å². The monoisotopic (exact) mass is 616 g/mol. The van der Waals surface area contributed by atoms with Crippen LogP contribution in [0.2, 0.25) is 0 Å². The highest BCUT2D eigenvalue weighted by Crippen LogP contribution is 2.38. The molecule has 1 heterocycles. The summed E-state index contributed by atoms with van der Waals surface area (Å²) in [5.41, 5.74) is 1.37. The summed E-state index contributed by atoms with van der Waals surface area (Å²) < 4.78 is 31.5. The van der Waals surface area contributed by atoms with Crippen LogP contribution in [-0.4, -0.2) is 48.4 Å². The van der Waals surface area contributed by atoms with E-state index < -0.39 is 35.8 Å². The zero-order valence-electron chi connectivity index (χ0n) is 24.8. The minimum absolute atomic E-state index is 0.113. The number of benzene rings is 3. The maximum absolute atomic E-state index is 13.0. The van der Waals surface area contributed by atoms with Gasteiger partial charge in [-0.25, -0.2) is 0 Å². The summed E-state index contributed by atoms with van der Waals surface area (Å²) in [7, 11) is 0. The Labute approximate surface area is 264 Å². The van der Waals surface area contributed by atoms with Crippen molar-refractivity contribution < 1.29 is 33.3 Å². The molecule has 4 rings (SSSR count). The van der Waals surface area contributed by atoms with Gasteiger partial charge in [0, 0.05) is 17.7 Å². The minimum atomic E-state index is -0.906. The van der Waals surface area contributed by atoms with E-state index in [1.807, 2.05) is 91.0 Å².